The molecule has 0 spiro atoms. The minimum Gasteiger partial charge on any atom is -0.481 e. The molecule has 2 rings (SSSR count). The van der Waals surface area contributed by atoms with E-state index in [4.69, 9.17) is 0 Å². The van der Waals surface area contributed by atoms with Crippen molar-refractivity contribution in [1.29, 1.82) is 0 Å². The molecule has 1 aromatic rings. The molecule has 1 aliphatic rings. The molecule has 1 amide bonds. The van der Waals surface area contributed by atoms with Gasteiger partial charge in [-0.1, -0.05) is 32.0 Å². The SMILES string of the molecule is CC(C)CCC(=O)N1CC(C(=O)O)c2ccccc21. The lowest BCUT2D eigenvalue weighted by atomic mass is 10.0. The van der Waals surface area contributed by atoms with Crippen LogP contribution < -0.4 is 4.90 Å². The first-order valence-corrected chi connectivity index (χ1v) is 6.62. The number of benzene rings is 1. The predicted molar refractivity (Wildman–Crippen MR) is 73.2 cm³/mol. The zero-order chi connectivity index (χ0) is 14.0. The van der Waals surface area contributed by atoms with Crippen molar-refractivity contribution in [3.05, 3.63) is 29.8 Å². The van der Waals surface area contributed by atoms with Crippen LogP contribution in [0, 0.1) is 5.92 Å². The number of hydrogen-bond acceptors (Lipinski definition) is 2. The summed E-state index contributed by atoms with van der Waals surface area (Å²) in [5, 5.41) is 9.24. The summed E-state index contributed by atoms with van der Waals surface area (Å²) in [7, 11) is 0. The average molecular weight is 261 g/mol. The summed E-state index contributed by atoms with van der Waals surface area (Å²) in [6.07, 6.45) is 1.30. The lowest BCUT2D eigenvalue weighted by Gasteiger charge is -2.18. The van der Waals surface area contributed by atoms with Gasteiger partial charge in [0.05, 0.1) is 0 Å². The monoisotopic (exact) mass is 261 g/mol. The Bertz CT molecular complexity index is 496. The van der Waals surface area contributed by atoms with Gasteiger partial charge in [0.15, 0.2) is 0 Å². The van der Waals surface area contributed by atoms with Gasteiger partial charge < -0.3 is 10.0 Å². The Hall–Kier alpha value is -1.84. The third kappa shape index (κ3) is 2.78. The molecular weight excluding hydrogens is 242 g/mol. The molecule has 19 heavy (non-hydrogen) atoms. The molecule has 0 aromatic heterocycles. The minimum atomic E-state index is -0.869. The summed E-state index contributed by atoms with van der Waals surface area (Å²) in [5.74, 6) is -0.979. The molecule has 1 N–H and O–H groups in total. The van der Waals surface area contributed by atoms with E-state index in [1.54, 1.807) is 11.0 Å². The molecule has 0 fully saturated rings. The summed E-state index contributed by atoms with van der Waals surface area (Å²) in [6, 6.07) is 7.28. The summed E-state index contributed by atoms with van der Waals surface area (Å²) in [4.78, 5) is 25.1. The lowest BCUT2D eigenvalue weighted by Crippen LogP contribution is -2.31. The van der Waals surface area contributed by atoms with Crippen LogP contribution in [0.3, 0.4) is 0 Å². The summed E-state index contributed by atoms with van der Waals surface area (Å²) in [5.41, 5.74) is 1.50. The first-order chi connectivity index (χ1) is 9.00. The Balaban J connectivity index is 2.20. The van der Waals surface area contributed by atoms with Gasteiger partial charge in [-0.25, -0.2) is 0 Å². The molecule has 1 heterocycles. The number of hydrogen-bond donors (Lipinski definition) is 1. The van der Waals surface area contributed by atoms with Crippen molar-refractivity contribution in [3.63, 3.8) is 0 Å². The molecule has 1 unspecified atom stereocenters. The van der Waals surface area contributed by atoms with Gasteiger partial charge in [0, 0.05) is 18.7 Å². The van der Waals surface area contributed by atoms with Gasteiger partial charge in [0.25, 0.3) is 0 Å². The number of anilines is 1. The minimum absolute atomic E-state index is 0.0184. The van der Waals surface area contributed by atoms with Crippen molar-refractivity contribution in [3.8, 4) is 0 Å². The van der Waals surface area contributed by atoms with Crippen LogP contribution in [0.5, 0.6) is 0 Å². The van der Waals surface area contributed by atoms with Crippen LogP contribution in [0.15, 0.2) is 24.3 Å². The summed E-state index contributed by atoms with van der Waals surface area (Å²) in [6.45, 7) is 4.40. The predicted octanol–water partition coefficient (Wildman–Crippen LogP) is 2.64. The molecule has 0 saturated heterocycles. The van der Waals surface area contributed by atoms with Crippen LogP contribution in [-0.2, 0) is 9.59 Å². The molecule has 102 valence electrons. The van der Waals surface area contributed by atoms with Gasteiger partial charge in [-0.15, -0.1) is 0 Å². The Labute approximate surface area is 113 Å². The number of carboxylic acid groups (broad SMARTS) is 1. The van der Waals surface area contributed by atoms with Crippen molar-refractivity contribution in [2.75, 3.05) is 11.4 Å². The standard InChI is InChI=1S/C15H19NO3/c1-10(2)7-8-14(17)16-9-12(15(18)19)11-5-3-4-6-13(11)16/h3-6,10,12H,7-9H2,1-2H3,(H,18,19). The molecular formula is C15H19NO3. The van der Waals surface area contributed by atoms with Crippen molar-refractivity contribution in [1.82, 2.24) is 0 Å². The maximum absolute atomic E-state index is 12.2. The zero-order valence-corrected chi connectivity index (χ0v) is 11.3. The van der Waals surface area contributed by atoms with Gasteiger partial charge >= 0.3 is 5.97 Å². The number of amides is 1. The fraction of sp³-hybridized carbons (Fsp3) is 0.467. The highest BCUT2D eigenvalue weighted by Gasteiger charge is 2.35. The van der Waals surface area contributed by atoms with E-state index in [0.717, 1.165) is 17.7 Å². The second-order valence-corrected chi connectivity index (χ2v) is 5.39. The first kappa shape index (κ1) is 13.6. The summed E-state index contributed by atoms with van der Waals surface area (Å²) < 4.78 is 0. The number of aliphatic carboxylic acids is 1. The van der Waals surface area contributed by atoms with E-state index in [1.807, 2.05) is 18.2 Å². The van der Waals surface area contributed by atoms with Crippen LogP contribution >= 0.6 is 0 Å². The third-order valence-electron chi connectivity index (χ3n) is 3.50. The molecule has 1 aromatic carbocycles. The largest absolute Gasteiger partial charge is 0.481 e. The van der Waals surface area contributed by atoms with Crippen molar-refractivity contribution in [2.24, 2.45) is 5.92 Å². The van der Waals surface area contributed by atoms with E-state index < -0.39 is 11.9 Å². The smallest absolute Gasteiger partial charge is 0.312 e. The fourth-order valence-electron chi connectivity index (χ4n) is 2.40. The Morgan fingerprint density at radius 1 is 1.37 bits per heavy atom. The van der Waals surface area contributed by atoms with Gasteiger partial charge in [-0.2, -0.15) is 0 Å². The van der Waals surface area contributed by atoms with Gasteiger partial charge in [-0.3, -0.25) is 9.59 Å². The van der Waals surface area contributed by atoms with Gasteiger partial charge in [0.2, 0.25) is 5.91 Å². The summed E-state index contributed by atoms with van der Waals surface area (Å²) >= 11 is 0. The molecule has 1 atom stereocenters. The van der Waals surface area contributed by atoms with Crippen LogP contribution in [0.25, 0.3) is 0 Å². The second-order valence-electron chi connectivity index (χ2n) is 5.39. The number of fused-ring (bicyclic) bond motifs is 1. The topological polar surface area (TPSA) is 57.6 Å². The first-order valence-electron chi connectivity index (χ1n) is 6.62. The quantitative estimate of drug-likeness (QED) is 0.906. The molecule has 1 aliphatic heterocycles. The average Bonchev–Trinajstić information content (AvgIpc) is 2.75. The van der Waals surface area contributed by atoms with Crippen LogP contribution in [-0.4, -0.2) is 23.5 Å². The van der Waals surface area contributed by atoms with Crippen LogP contribution in [0.4, 0.5) is 5.69 Å². The Morgan fingerprint density at radius 2 is 2.05 bits per heavy atom. The highest BCUT2D eigenvalue weighted by molar-refractivity contribution is 5.98. The van der Waals surface area contributed by atoms with E-state index in [2.05, 4.69) is 13.8 Å². The maximum Gasteiger partial charge on any atom is 0.312 e. The van der Waals surface area contributed by atoms with Crippen molar-refractivity contribution in [2.45, 2.75) is 32.6 Å². The number of rotatable bonds is 4. The Kier molecular flexibility index (Phi) is 3.88. The Morgan fingerprint density at radius 3 is 2.68 bits per heavy atom. The van der Waals surface area contributed by atoms with E-state index in [0.29, 0.717) is 12.3 Å². The molecule has 0 radical (unpaired) electrons. The zero-order valence-electron chi connectivity index (χ0n) is 11.3. The van der Waals surface area contributed by atoms with E-state index in [9.17, 15) is 14.7 Å². The molecule has 0 bridgehead atoms. The molecule has 0 aliphatic carbocycles. The highest BCUT2D eigenvalue weighted by atomic mass is 16.4. The van der Waals surface area contributed by atoms with E-state index in [1.165, 1.54) is 0 Å². The lowest BCUT2D eigenvalue weighted by molar-refractivity contribution is -0.138. The maximum atomic E-state index is 12.2. The number of carbonyl (C=O) groups is 2. The number of carbonyl (C=O) groups excluding carboxylic acids is 1. The van der Waals surface area contributed by atoms with Crippen LogP contribution in [0.1, 0.15) is 38.2 Å². The van der Waals surface area contributed by atoms with Crippen LogP contribution in [0.2, 0.25) is 0 Å². The van der Waals surface area contributed by atoms with E-state index >= 15 is 0 Å². The van der Waals surface area contributed by atoms with Gasteiger partial charge in [0.1, 0.15) is 5.92 Å². The number of carboxylic acids is 1. The third-order valence-corrected chi connectivity index (χ3v) is 3.50. The van der Waals surface area contributed by atoms with Crippen molar-refractivity contribution < 1.29 is 14.7 Å². The highest BCUT2D eigenvalue weighted by Crippen LogP contribution is 2.36. The van der Waals surface area contributed by atoms with Gasteiger partial charge in [-0.05, 0) is 24.0 Å². The fourth-order valence-corrected chi connectivity index (χ4v) is 2.40. The van der Waals surface area contributed by atoms with Crippen molar-refractivity contribution >= 4 is 17.6 Å². The number of nitrogens with zero attached hydrogens (tertiary/aromatic N) is 1. The molecule has 4 heteroatoms. The number of para-hydroxylation sites is 1. The molecule has 4 nitrogen and oxygen atoms in total. The second kappa shape index (κ2) is 5.43. The van der Waals surface area contributed by atoms with E-state index in [-0.39, 0.29) is 12.5 Å². The normalized spacial score (nSPS) is 17.6. The molecule has 0 saturated carbocycles.